The average Bonchev–Trinajstić information content (AvgIpc) is 2.87. The maximum atomic E-state index is 12.3. The second kappa shape index (κ2) is 5.83. The van der Waals surface area contributed by atoms with Crippen LogP contribution in [0.1, 0.15) is 16.8 Å². The molecule has 0 saturated carbocycles. The number of benzene rings is 1. The number of hydrogen-bond donors (Lipinski definition) is 0. The number of amides is 1. The molecule has 2 rings (SSSR count). The van der Waals surface area contributed by atoms with E-state index in [1.54, 1.807) is 18.1 Å². The molecule has 1 heterocycles. The molecule has 0 bridgehead atoms. The summed E-state index contributed by atoms with van der Waals surface area (Å²) >= 11 is 2.02. The Kier molecular flexibility index (Phi) is 4.35. The summed E-state index contributed by atoms with van der Waals surface area (Å²) in [6.07, 6.45) is 0.855. The molecular formula is C12H13IN2O4. The first-order valence-corrected chi connectivity index (χ1v) is 6.87. The van der Waals surface area contributed by atoms with Crippen LogP contribution in [0, 0.1) is 13.7 Å². The minimum absolute atomic E-state index is 0.0558. The fourth-order valence-corrected chi connectivity index (χ4v) is 2.63. The number of nitro groups is 1. The van der Waals surface area contributed by atoms with Crippen LogP contribution in [0.5, 0.6) is 0 Å². The summed E-state index contributed by atoms with van der Waals surface area (Å²) < 4.78 is 5.93. The Morgan fingerprint density at radius 3 is 2.89 bits per heavy atom. The molecule has 1 saturated heterocycles. The molecule has 0 N–H and O–H groups in total. The van der Waals surface area contributed by atoms with Gasteiger partial charge in [0.05, 0.1) is 16.6 Å². The predicted octanol–water partition coefficient (Wildman–Crippen LogP) is 2.06. The molecule has 0 aromatic heterocycles. The Balaban J connectivity index is 2.24. The normalized spacial score (nSPS) is 18.6. The van der Waals surface area contributed by atoms with Crippen molar-refractivity contribution in [3.8, 4) is 0 Å². The van der Waals surface area contributed by atoms with Crippen LogP contribution in [-0.4, -0.2) is 42.0 Å². The Labute approximate surface area is 124 Å². The molecule has 0 aliphatic carbocycles. The number of hydrogen-bond acceptors (Lipinski definition) is 4. The van der Waals surface area contributed by atoms with E-state index in [9.17, 15) is 14.9 Å². The van der Waals surface area contributed by atoms with Crippen LogP contribution < -0.4 is 0 Å². The standard InChI is InChI=1S/C12H13IN2O4/c1-19-9-4-5-14(7-9)12(16)10-6-8(15(17)18)2-3-11(10)13/h2-3,6,9H,4-5,7H2,1H3. The van der Waals surface area contributed by atoms with E-state index in [0.29, 0.717) is 22.2 Å². The van der Waals surface area contributed by atoms with E-state index in [1.165, 1.54) is 12.1 Å². The monoisotopic (exact) mass is 376 g/mol. The van der Waals surface area contributed by atoms with E-state index in [4.69, 9.17) is 4.74 Å². The first-order valence-electron chi connectivity index (χ1n) is 5.79. The molecular weight excluding hydrogens is 363 g/mol. The van der Waals surface area contributed by atoms with Crippen LogP contribution in [-0.2, 0) is 4.74 Å². The molecule has 1 aromatic carbocycles. The van der Waals surface area contributed by atoms with Gasteiger partial charge in [0.25, 0.3) is 11.6 Å². The molecule has 102 valence electrons. The number of carbonyl (C=O) groups is 1. The van der Waals surface area contributed by atoms with Gasteiger partial charge in [0, 0.05) is 35.9 Å². The number of likely N-dealkylation sites (tertiary alicyclic amines) is 1. The third kappa shape index (κ3) is 3.03. The summed E-state index contributed by atoms with van der Waals surface area (Å²) in [5.41, 5.74) is 0.317. The topological polar surface area (TPSA) is 72.7 Å². The van der Waals surface area contributed by atoms with Gasteiger partial charge in [0.1, 0.15) is 0 Å². The molecule has 19 heavy (non-hydrogen) atoms. The summed E-state index contributed by atoms with van der Waals surface area (Å²) in [5.74, 6) is -0.173. The number of halogens is 1. The molecule has 7 heteroatoms. The maximum absolute atomic E-state index is 12.3. The zero-order valence-electron chi connectivity index (χ0n) is 10.3. The highest BCUT2D eigenvalue weighted by molar-refractivity contribution is 14.1. The van der Waals surface area contributed by atoms with E-state index in [1.807, 2.05) is 22.6 Å². The van der Waals surface area contributed by atoms with Crippen molar-refractivity contribution in [2.24, 2.45) is 0 Å². The lowest BCUT2D eigenvalue weighted by atomic mass is 10.2. The molecule has 0 radical (unpaired) electrons. The van der Waals surface area contributed by atoms with E-state index in [2.05, 4.69) is 0 Å². The van der Waals surface area contributed by atoms with Crippen LogP contribution in [0.2, 0.25) is 0 Å². The van der Waals surface area contributed by atoms with Crippen molar-refractivity contribution < 1.29 is 14.5 Å². The number of ether oxygens (including phenoxy) is 1. The van der Waals surface area contributed by atoms with Crippen molar-refractivity contribution >= 4 is 34.2 Å². The minimum Gasteiger partial charge on any atom is -0.380 e. The van der Waals surface area contributed by atoms with E-state index in [0.717, 1.165) is 6.42 Å². The predicted molar refractivity (Wildman–Crippen MR) is 77.1 cm³/mol. The average molecular weight is 376 g/mol. The third-order valence-corrected chi connectivity index (χ3v) is 4.10. The molecule has 1 amide bonds. The van der Waals surface area contributed by atoms with E-state index >= 15 is 0 Å². The Bertz CT molecular complexity index is 520. The smallest absolute Gasteiger partial charge is 0.270 e. The molecule has 0 spiro atoms. The molecule has 1 fully saturated rings. The first-order chi connectivity index (χ1) is 9.02. The van der Waals surface area contributed by atoms with Crippen molar-refractivity contribution in [1.82, 2.24) is 4.90 Å². The van der Waals surface area contributed by atoms with Crippen molar-refractivity contribution in [1.29, 1.82) is 0 Å². The molecule has 1 aromatic rings. The van der Waals surface area contributed by atoms with Gasteiger partial charge in [-0.3, -0.25) is 14.9 Å². The number of non-ortho nitro benzene ring substituents is 1. The van der Waals surface area contributed by atoms with Crippen molar-refractivity contribution in [2.75, 3.05) is 20.2 Å². The van der Waals surface area contributed by atoms with Crippen LogP contribution in [0.3, 0.4) is 0 Å². The Morgan fingerprint density at radius 2 is 2.32 bits per heavy atom. The summed E-state index contributed by atoms with van der Waals surface area (Å²) in [5, 5.41) is 10.8. The zero-order chi connectivity index (χ0) is 14.0. The third-order valence-electron chi connectivity index (χ3n) is 3.16. The van der Waals surface area contributed by atoms with Crippen LogP contribution in [0.25, 0.3) is 0 Å². The van der Waals surface area contributed by atoms with Crippen LogP contribution in [0.4, 0.5) is 5.69 Å². The Morgan fingerprint density at radius 1 is 1.58 bits per heavy atom. The van der Waals surface area contributed by atoms with E-state index < -0.39 is 4.92 Å². The van der Waals surface area contributed by atoms with Gasteiger partial charge >= 0.3 is 0 Å². The fourth-order valence-electron chi connectivity index (χ4n) is 2.07. The second-order valence-electron chi connectivity index (χ2n) is 4.32. The number of nitro benzene ring substituents is 1. The molecule has 1 aliphatic heterocycles. The molecule has 1 unspecified atom stereocenters. The van der Waals surface area contributed by atoms with Gasteiger partial charge in [0.15, 0.2) is 0 Å². The largest absolute Gasteiger partial charge is 0.380 e. The lowest BCUT2D eigenvalue weighted by Gasteiger charge is -2.16. The number of carbonyl (C=O) groups excluding carboxylic acids is 1. The number of nitrogens with zero attached hydrogens (tertiary/aromatic N) is 2. The summed E-state index contributed by atoms with van der Waals surface area (Å²) in [7, 11) is 1.62. The van der Waals surface area contributed by atoms with Gasteiger partial charge in [-0.25, -0.2) is 0 Å². The SMILES string of the molecule is COC1CCN(C(=O)c2cc([N+](=O)[O-])ccc2I)C1. The highest BCUT2D eigenvalue weighted by Crippen LogP contribution is 2.23. The second-order valence-corrected chi connectivity index (χ2v) is 5.48. The molecule has 6 nitrogen and oxygen atoms in total. The number of methoxy groups -OCH3 is 1. The van der Waals surface area contributed by atoms with Crippen LogP contribution in [0.15, 0.2) is 18.2 Å². The highest BCUT2D eigenvalue weighted by Gasteiger charge is 2.28. The van der Waals surface area contributed by atoms with E-state index in [-0.39, 0.29) is 17.7 Å². The molecule has 1 atom stereocenters. The highest BCUT2D eigenvalue weighted by atomic mass is 127. The van der Waals surface area contributed by atoms with Crippen LogP contribution >= 0.6 is 22.6 Å². The fraction of sp³-hybridized carbons (Fsp3) is 0.417. The quantitative estimate of drug-likeness (QED) is 0.460. The first kappa shape index (κ1) is 14.2. The summed E-state index contributed by atoms with van der Waals surface area (Å²) in [4.78, 5) is 24.3. The minimum atomic E-state index is -0.491. The lowest BCUT2D eigenvalue weighted by molar-refractivity contribution is -0.384. The van der Waals surface area contributed by atoms with Gasteiger partial charge in [-0.15, -0.1) is 0 Å². The van der Waals surface area contributed by atoms with Crippen molar-refractivity contribution in [3.63, 3.8) is 0 Å². The van der Waals surface area contributed by atoms with Gasteiger partial charge in [-0.1, -0.05) is 0 Å². The van der Waals surface area contributed by atoms with Gasteiger partial charge in [0.2, 0.25) is 0 Å². The van der Waals surface area contributed by atoms with Crippen molar-refractivity contribution in [2.45, 2.75) is 12.5 Å². The van der Waals surface area contributed by atoms with Gasteiger partial charge < -0.3 is 9.64 Å². The lowest BCUT2D eigenvalue weighted by Crippen LogP contribution is -2.30. The summed E-state index contributed by atoms with van der Waals surface area (Å²) in [6.45, 7) is 1.16. The zero-order valence-corrected chi connectivity index (χ0v) is 12.5. The van der Waals surface area contributed by atoms with Gasteiger partial charge in [-0.05, 0) is 35.1 Å². The summed E-state index contributed by atoms with van der Waals surface area (Å²) in [6, 6.07) is 4.33. The Hall–Kier alpha value is -1.22. The number of rotatable bonds is 3. The molecule has 1 aliphatic rings. The van der Waals surface area contributed by atoms with Crippen molar-refractivity contribution in [3.05, 3.63) is 37.4 Å². The van der Waals surface area contributed by atoms with Gasteiger partial charge in [-0.2, -0.15) is 0 Å². The maximum Gasteiger partial charge on any atom is 0.270 e.